The standard InChI is InChI=1S/C14H20Cl2N2O3S/c1-3-4-8-18(22(2,20)21)9-7-14(19)17-11-5-6-12(15)13(16)10-11/h5-6,10H,3-4,7-9H2,1-2H3,(H,17,19). The van der Waals surface area contributed by atoms with E-state index in [4.69, 9.17) is 23.2 Å². The number of hydrogen-bond donors (Lipinski definition) is 1. The number of amides is 1. The Bertz CT molecular complexity index is 621. The summed E-state index contributed by atoms with van der Waals surface area (Å²) < 4.78 is 24.6. The molecule has 1 rings (SSSR count). The average Bonchev–Trinajstić information content (AvgIpc) is 2.41. The van der Waals surface area contributed by atoms with E-state index < -0.39 is 10.0 Å². The zero-order valence-electron chi connectivity index (χ0n) is 12.6. The van der Waals surface area contributed by atoms with E-state index in [-0.39, 0.29) is 18.9 Å². The summed E-state index contributed by atoms with van der Waals surface area (Å²) in [7, 11) is -3.30. The van der Waals surface area contributed by atoms with E-state index in [1.807, 2.05) is 6.92 Å². The summed E-state index contributed by atoms with van der Waals surface area (Å²) in [5.74, 6) is -0.275. The predicted octanol–water partition coefficient (Wildman–Crippen LogP) is 3.38. The van der Waals surface area contributed by atoms with E-state index in [1.165, 1.54) is 4.31 Å². The van der Waals surface area contributed by atoms with E-state index in [0.717, 1.165) is 19.1 Å². The number of carbonyl (C=O) groups excluding carboxylic acids is 1. The van der Waals surface area contributed by atoms with Gasteiger partial charge in [0.2, 0.25) is 15.9 Å². The molecule has 0 unspecified atom stereocenters. The Balaban J connectivity index is 2.58. The second-order valence-corrected chi connectivity index (χ2v) is 7.74. The minimum absolute atomic E-state index is 0.0804. The fourth-order valence-electron chi connectivity index (χ4n) is 1.80. The van der Waals surface area contributed by atoms with Crippen molar-refractivity contribution in [3.8, 4) is 0 Å². The Morgan fingerprint density at radius 3 is 2.45 bits per heavy atom. The van der Waals surface area contributed by atoms with E-state index in [2.05, 4.69) is 5.32 Å². The summed E-state index contributed by atoms with van der Waals surface area (Å²) in [6.07, 6.45) is 2.89. The molecule has 0 aliphatic heterocycles. The summed E-state index contributed by atoms with van der Waals surface area (Å²) in [6.45, 7) is 2.57. The fourth-order valence-corrected chi connectivity index (χ4v) is 2.98. The van der Waals surface area contributed by atoms with Crippen LogP contribution in [-0.4, -0.2) is 38.0 Å². The summed E-state index contributed by atoms with van der Waals surface area (Å²) in [6, 6.07) is 4.77. The van der Waals surface area contributed by atoms with Crippen molar-refractivity contribution >= 4 is 44.8 Å². The first kappa shape index (κ1) is 19.2. The lowest BCUT2D eigenvalue weighted by molar-refractivity contribution is -0.116. The molecule has 124 valence electrons. The Labute approximate surface area is 141 Å². The third-order valence-corrected chi connectivity index (χ3v) is 5.06. The molecule has 0 aliphatic carbocycles. The molecule has 0 aromatic heterocycles. The average molecular weight is 367 g/mol. The number of sulfonamides is 1. The molecule has 0 fully saturated rings. The maximum atomic E-state index is 11.9. The van der Waals surface area contributed by atoms with Crippen LogP contribution in [0.3, 0.4) is 0 Å². The van der Waals surface area contributed by atoms with Gasteiger partial charge in [-0.1, -0.05) is 36.5 Å². The number of unbranched alkanes of at least 4 members (excludes halogenated alkanes) is 1. The van der Waals surface area contributed by atoms with Crippen molar-refractivity contribution in [2.24, 2.45) is 0 Å². The molecule has 0 atom stereocenters. The summed E-state index contributed by atoms with van der Waals surface area (Å²) >= 11 is 11.7. The SMILES string of the molecule is CCCCN(CCC(=O)Nc1ccc(Cl)c(Cl)c1)S(C)(=O)=O. The Morgan fingerprint density at radius 1 is 1.23 bits per heavy atom. The van der Waals surface area contributed by atoms with Crippen LogP contribution in [0.2, 0.25) is 10.0 Å². The third-order valence-electron chi connectivity index (χ3n) is 3.02. The van der Waals surface area contributed by atoms with Crippen molar-refractivity contribution in [2.45, 2.75) is 26.2 Å². The second kappa shape index (κ2) is 8.72. The number of anilines is 1. The van der Waals surface area contributed by atoms with Gasteiger partial charge in [-0.05, 0) is 24.6 Å². The van der Waals surface area contributed by atoms with Crippen LogP contribution in [0.15, 0.2) is 18.2 Å². The van der Waals surface area contributed by atoms with Gasteiger partial charge >= 0.3 is 0 Å². The van der Waals surface area contributed by atoms with E-state index in [0.29, 0.717) is 22.3 Å². The minimum atomic E-state index is -3.30. The predicted molar refractivity (Wildman–Crippen MR) is 91.0 cm³/mol. The molecule has 1 amide bonds. The normalized spacial score (nSPS) is 11.7. The van der Waals surface area contributed by atoms with Crippen LogP contribution in [0.25, 0.3) is 0 Å². The van der Waals surface area contributed by atoms with Gasteiger partial charge in [0.25, 0.3) is 0 Å². The lowest BCUT2D eigenvalue weighted by Crippen LogP contribution is -2.33. The monoisotopic (exact) mass is 366 g/mol. The largest absolute Gasteiger partial charge is 0.326 e. The van der Waals surface area contributed by atoms with Gasteiger partial charge in [-0.15, -0.1) is 0 Å². The third kappa shape index (κ3) is 6.52. The number of halogens is 2. The lowest BCUT2D eigenvalue weighted by atomic mass is 10.3. The van der Waals surface area contributed by atoms with Crippen LogP contribution in [0, 0.1) is 0 Å². The number of rotatable bonds is 8. The van der Waals surface area contributed by atoms with Gasteiger partial charge in [-0.3, -0.25) is 4.79 Å². The smallest absolute Gasteiger partial charge is 0.225 e. The zero-order valence-corrected chi connectivity index (χ0v) is 14.9. The van der Waals surface area contributed by atoms with Crippen molar-refractivity contribution in [1.82, 2.24) is 4.31 Å². The highest BCUT2D eigenvalue weighted by molar-refractivity contribution is 7.88. The van der Waals surface area contributed by atoms with Gasteiger partial charge in [-0.25, -0.2) is 12.7 Å². The highest BCUT2D eigenvalue weighted by atomic mass is 35.5. The molecule has 0 aliphatic rings. The van der Waals surface area contributed by atoms with Gasteiger partial charge in [0, 0.05) is 25.2 Å². The van der Waals surface area contributed by atoms with Crippen molar-refractivity contribution in [3.63, 3.8) is 0 Å². The van der Waals surface area contributed by atoms with E-state index >= 15 is 0 Å². The molecule has 0 saturated carbocycles. The molecular formula is C14H20Cl2N2O3S. The Kier molecular flexibility index (Phi) is 7.62. The van der Waals surface area contributed by atoms with Gasteiger partial charge in [-0.2, -0.15) is 0 Å². The van der Waals surface area contributed by atoms with Crippen LogP contribution < -0.4 is 5.32 Å². The molecule has 22 heavy (non-hydrogen) atoms. The maximum Gasteiger partial charge on any atom is 0.225 e. The van der Waals surface area contributed by atoms with Crippen LogP contribution in [0.1, 0.15) is 26.2 Å². The first-order valence-electron chi connectivity index (χ1n) is 6.94. The molecular weight excluding hydrogens is 347 g/mol. The van der Waals surface area contributed by atoms with Crippen LogP contribution in [0.5, 0.6) is 0 Å². The molecule has 8 heteroatoms. The van der Waals surface area contributed by atoms with Crippen molar-refractivity contribution < 1.29 is 13.2 Å². The molecule has 0 bridgehead atoms. The number of carbonyl (C=O) groups is 1. The van der Waals surface area contributed by atoms with Crippen LogP contribution >= 0.6 is 23.2 Å². The van der Waals surface area contributed by atoms with Gasteiger partial charge in [0.1, 0.15) is 0 Å². The highest BCUT2D eigenvalue weighted by Gasteiger charge is 2.17. The topological polar surface area (TPSA) is 66.5 Å². The second-order valence-electron chi connectivity index (χ2n) is 4.94. The first-order valence-corrected chi connectivity index (χ1v) is 9.54. The number of nitrogens with zero attached hydrogens (tertiary/aromatic N) is 1. The summed E-state index contributed by atoms with van der Waals surface area (Å²) in [4.78, 5) is 11.9. The first-order chi connectivity index (χ1) is 10.2. The van der Waals surface area contributed by atoms with Crippen molar-refractivity contribution in [2.75, 3.05) is 24.7 Å². The quantitative estimate of drug-likeness (QED) is 0.766. The molecule has 1 aromatic carbocycles. The summed E-state index contributed by atoms with van der Waals surface area (Å²) in [5, 5.41) is 3.42. The van der Waals surface area contributed by atoms with Gasteiger partial charge < -0.3 is 5.32 Å². The van der Waals surface area contributed by atoms with E-state index in [1.54, 1.807) is 18.2 Å². The molecule has 0 spiro atoms. The number of hydrogen-bond acceptors (Lipinski definition) is 3. The van der Waals surface area contributed by atoms with Gasteiger partial charge in [0.05, 0.1) is 16.3 Å². The fraction of sp³-hybridized carbons (Fsp3) is 0.500. The maximum absolute atomic E-state index is 11.9. The lowest BCUT2D eigenvalue weighted by Gasteiger charge is -2.19. The molecule has 5 nitrogen and oxygen atoms in total. The molecule has 0 heterocycles. The Hall–Kier alpha value is -0.820. The number of benzene rings is 1. The van der Waals surface area contributed by atoms with Crippen molar-refractivity contribution in [3.05, 3.63) is 28.2 Å². The zero-order chi connectivity index (χ0) is 16.8. The molecule has 0 radical (unpaired) electrons. The molecule has 1 aromatic rings. The summed E-state index contributed by atoms with van der Waals surface area (Å²) in [5.41, 5.74) is 0.527. The van der Waals surface area contributed by atoms with Crippen LogP contribution in [-0.2, 0) is 14.8 Å². The Morgan fingerprint density at radius 2 is 1.91 bits per heavy atom. The molecule has 0 saturated heterocycles. The molecule has 1 N–H and O–H groups in total. The van der Waals surface area contributed by atoms with Crippen molar-refractivity contribution in [1.29, 1.82) is 0 Å². The van der Waals surface area contributed by atoms with E-state index in [9.17, 15) is 13.2 Å². The highest BCUT2D eigenvalue weighted by Crippen LogP contribution is 2.25. The number of nitrogens with one attached hydrogen (secondary N) is 1. The van der Waals surface area contributed by atoms with Crippen LogP contribution in [0.4, 0.5) is 5.69 Å². The van der Waals surface area contributed by atoms with Gasteiger partial charge in [0.15, 0.2) is 0 Å². The minimum Gasteiger partial charge on any atom is -0.326 e.